The molecule has 2 aromatic rings. The van der Waals surface area contributed by atoms with E-state index in [1.165, 1.54) is 0 Å². The summed E-state index contributed by atoms with van der Waals surface area (Å²) in [6.45, 7) is 3.44. The highest BCUT2D eigenvalue weighted by molar-refractivity contribution is 7.09. The summed E-state index contributed by atoms with van der Waals surface area (Å²) in [6, 6.07) is 0. The van der Waals surface area contributed by atoms with Crippen molar-refractivity contribution in [2.45, 2.75) is 19.8 Å². The highest BCUT2D eigenvalue weighted by Gasteiger charge is 2.28. The summed E-state index contributed by atoms with van der Waals surface area (Å²) in [4.78, 5) is 26.8. The van der Waals surface area contributed by atoms with Crippen molar-refractivity contribution in [2.75, 3.05) is 13.1 Å². The van der Waals surface area contributed by atoms with Gasteiger partial charge in [0.25, 0.3) is 5.91 Å². The van der Waals surface area contributed by atoms with Gasteiger partial charge in [-0.05, 0) is 19.3 Å². The van der Waals surface area contributed by atoms with E-state index in [2.05, 4.69) is 15.0 Å². The number of aryl methyl sites for hydroxylation is 1. The van der Waals surface area contributed by atoms with Crippen LogP contribution in [0.15, 0.2) is 24.0 Å². The van der Waals surface area contributed by atoms with Gasteiger partial charge >= 0.3 is 0 Å². The number of carbonyl (C=O) groups is 1. The average Bonchev–Trinajstić information content (AvgIpc) is 3.11. The van der Waals surface area contributed by atoms with Gasteiger partial charge in [-0.2, -0.15) is 0 Å². The fraction of sp³-hybridized carbons (Fsp3) is 0.429. The van der Waals surface area contributed by atoms with Gasteiger partial charge in [-0.3, -0.25) is 9.78 Å². The van der Waals surface area contributed by atoms with Crippen molar-refractivity contribution in [3.63, 3.8) is 0 Å². The lowest BCUT2D eigenvalue weighted by Crippen LogP contribution is -2.29. The van der Waals surface area contributed by atoms with Crippen molar-refractivity contribution in [1.29, 1.82) is 0 Å². The first-order valence-electron chi connectivity index (χ1n) is 6.68. The summed E-state index contributed by atoms with van der Waals surface area (Å²) in [5.41, 5.74) is 1.26. The Morgan fingerprint density at radius 3 is 3.00 bits per heavy atom. The van der Waals surface area contributed by atoms with E-state index in [0.717, 1.165) is 36.6 Å². The molecule has 1 saturated heterocycles. The second kappa shape index (κ2) is 5.66. The first kappa shape index (κ1) is 13.2. The van der Waals surface area contributed by atoms with Crippen LogP contribution in [-0.2, 0) is 6.42 Å². The number of aromatic nitrogens is 3. The molecule has 1 amide bonds. The molecular formula is C14H16N4OS. The minimum absolute atomic E-state index is 0.0147. The molecule has 3 rings (SSSR count). The molecule has 104 valence electrons. The summed E-state index contributed by atoms with van der Waals surface area (Å²) in [5, 5.41) is 3.15. The van der Waals surface area contributed by atoms with E-state index < -0.39 is 0 Å². The monoisotopic (exact) mass is 288 g/mol. The Kier molecular flexibility index (Phi) is 3.73. The Bertz CT molecular complexity index is 582. The Morgan fingerprint density at radius 1 is 1.40 bits per heavy atom. The van der Waals surface area contributed by atoms with Crippen molar-refractivity contribution in [3.8, 4) is 0 Å². The maximum Gasteiger partial charge on any atom is 0.274 e. The van der Waals surface area contributed by atoms with Crippen LogP contribution in [0.1, 0.15) is 27.6 Å². The van der Waals surface area contributed by atoms with E-state index >= 15 is 0 Å². The lowest BCUT2D eigenvalue weighted by molar-refractivity contribution is 0.0781. The lowest BCUT2D eigenvalue weighted by atomic mass is 10.1. The van der Waals surface area contributed by atoms with Gasteiger partial charge in [0.1, 0.15) is 5.69 Å². The SMILES string of the molecule is Cc1cnc(C(=O)N2CCC(Cc3nccs3)C2)cn1. The molecule has 1 atom stereocenters. The fourth-order valence-corrected chi connectivity index (χ4v) is 3.18. The Balaban J connectivity index is 1.62. The van der Waals surface area contributed by atoms with Gasteiger partial charge in [0.15, 0.2) is 0 Å². The molecule has 5 nitrogen and oxygen atoms in total. The van der Waals surface area contributed by atoms with Crippen LogP contribution < -0.4 is 0 Å². The van der Waals surface area contributed by atoms with E-state index in [1.54, 1.807) is 23.7 Å². The fourth-order valence-electron chi connectivity index (χ4n) is 2.45. The van der Waals surface area contributed by atoms with Crippen molar-refractivity contribution in [3.05, 3.63) is 40.4 Å². The third-order valence-corrected chi connectivity index (χ3v) is 4.32. The minimum Gasteiger partial charge on any atom is -0.337 e. The first-order chi connectivity index (χ1) is 9.72. The topological polar surface area (TPSA) is 59.0 Å². The second-order valence-corrected chi connectivity index (χ2v) is 6.06. The summed E-state index contributed by atoms with van der Waals surface area (Å²) in [5.74, 6) is 0.489. The number of nitrogens with zero attached hydrogens (tertiary/aromatic N) is 4. The largest absolute Gasteiger partial charge is 0.337 e. The molecule has 1 unspecified atom stereocenters. The summed E-state index contributed by atoms with van der Waals surface area (Å²) < 4.78 is 0. The van der Waals surface area contributed by atoms with Crippen LogP contribution in [0.4, 0.5) is 0 Å². The molecule has 20 heavy (non-hydrogen) atoms. The van der Waals surface area contributed by atoms with Crippen LogP contribution in [0.3, 0.4) is 0 Å². The van der Waals surface area contributed by atoms with Gasteiger partial charge in [-0.1, -0.05) is 0 Å². The molecule has 0 spiro atoms. The van der Waals surface area contributed by atoms with Gasteiger partial charge in [-0.15, -0.1) is 11.3 Å². The summed E-state index contributed by atoms with van der Waals surface area (Å²) in [7, 11) is 0. The number of hydrogen-bond donors (Lipinski definition) is 0. The molecular weight excluding hydrogens is 272 g/mol. The van der Waals surface area contributed by atoms with Gasteiger partial charge in [0.2, 0.25) is 0 Å². The molecule has 0 N–H and O–H groups in total. The zero-order chi connectivity index (χ0) is 13.9. The zero-order valence-corrected chi connectivity index (χ0v) is 12.1. The van der Waals surface area contributed by atoms with E-state index in [1.807, 2.05) is 23.4 Å². The van der Waals surface area contributed by atoms with Gasteiger partial charge < -0.3 is 4.90 Å². The Morgan fingerprint density at radius 2 is 2.30 bits per heavy atom. The predicted octanol–water partition coefficient (Wildman–Crippen LogP) is 1.95. The Hall–Kier alpha value is -1.82. The molecule has 1 aliphatic rings. The quantitative estimate of drug-likeness (QED) is 0.866. The molecule has 2 aromatic heterocycles. The van der Waals surface area contributed by atoms with Crippen LogP contribution in [-0.4, -0.2) is 38.8 Å². The third kappa shape index (κ3) is 2.85. The number of thiazole rings is 1. The van der Waals surface area contributed by atoms with E-state index in [4.69, 9.17) is 0 Å². The smallest absolute Gasteiger partial charge is 0.274 e. The minimum atomic E-state index is -0.0147. The van der Waals surface area contributed by atoms with Crippen LogP contribution in [0.2, 0.25) is 0 Å². The van der Waals surface area contributed by atoms with Gasteiger partial charge in [-0.25, -0.2) is 9.97 Å². The molecule has 0 aliphatic carbocycles. The van der Waals surface area contributed by atoms with E-state index in [9.17, 15) is 4.79 Å². The molecule has 0 saturated carbocycles. The number of carbonyl (C=O) groups excluding carboxylic acids is 1. The van der Waals surface area contributed by atoms with Crippen LogP contribution in [0.25, 0.3) is 0 Å². The van der Waals surface area contributed by atoms with Crippen LogP contribution >= 0.6 is 11.3 Å². The Labute approximate surface area is 121 Å². The van der Waals surface area contributed by atoms with Gasteiger partial charge in [0.05, 0.1) is 16.9 Å². The maximum absolute atomic E-state index is 12.3. The van der Waals surface area contributed by atoms with Crippen molar-refractivity contribution in [1.82, 2.24) is 19.9 Å². The summed E-state index contributed by atoms with van der Waals surface area (Å²) in [6.07, 6.45) is 7.02. The number of hydrogen-bond acceptors (Lipinski definition) is 5. The maximum atomic E-state index is 12.3. The zero-order valence-electron chi connectivity index (χ0n) is 11.3. The third-order valence-electron chi connectivity index (χ3n) is 3.52. The number of likely N-dealkylation sites (tertiary alicyclic amines) is 1. The van der Waals surface area contributed by atoms with E-state index in [0.29, 0.717) is 11.6 Å². The molecule has 1 fully saturated rings. The van der Waals surface area contributed by atoms with Crippen LogP contribution in [0.5, 0.6) is 0 Å². The number of rotatable bonds is 3. The normalized spacial score (nSPS) is 18.4. The highest BCUT2D eigenvalue weighted by atomic mass is 32.1. The number of amides is 1. The van der Waals surface area contributed by atoms with Crippen molar-refractivity contribution in [2.24, 2.45) is 5.92 Å². The second-order valence-electron chi connectivity index (χ2n) is 5.08. The van der Waals surface area contributed by atoms with Gasteiger partial charge in [0, 0.05) is 37.3 Å². The average molecular weight is 288 g/mol. The molecule has 6 heteroatoms. The van der Waals surface area contributed by atoms with Crippen LogP contribution in [0, 0.1) is 12.8 Å². The standard InChI is InChI=1S/C14H16N4OS/c1-10-7-17-12(8-16-10)14(19)18-4-2-11(9-18)6-13-15-3-5-20-13/h3,5,7-8,11H,2,4,6,9H2,1H3. The predicted molar refractivity (Wildman–Crippen MR) is 76.6 cm³/mol. The van der Waals surface area contributed by atoms with Crippen molar-refractivity contribution < 1.29 is 4.79 Å². The van der Waals surface area contributed by atoms with E-state index in [-0.39, 0.29) is 5.91 Å². The highest BCUT2D eigenvalue weighted by Crippen LogP contribution is 2.22. The molecule has 1 aliphatic heterocycles. The summed E-state index contributed by atoms with van der Waals surface area (Å²) >= 11 is 1.68. The molecule has 0 radical (unpaired) electrons. The molecule has 3 heterocycles. The molecule has 0 bridgehead atoms. The first-order valence-corrected chi connectivity index (χ1v) is 7.56. The lowest BCUT2D eigenvalue weighted by Gasteiger charge is -2.15. The molecule has 0 aromatic carbocycles. The van der Waals surface area contributed by atoms with Crippen molar-refractivity contribution >= 4 is 17.2 Å².